The summed E-state index contributed by atoms with van der Waals surface area (Å²) in [6.07, 6.45) is 8.92. The number of nitrogens with one attached hydrogen (secondary N) is 1. The fourth-order valence-corrected chi connectivity index (χ4v) is 3.96. The Labute approximate surface area is 157 Å². The van der Waals surface area contributed by atoms with E-state index in [0.717, 1.165) is 35.4 Å². The van der Waals surface area contributed by atoms with Gasteiger partial charge in [-0.2, -0.15) is 0 Å². The standard InChI is InChI=1S/C20H30N2O3S/c1-16(2)18-9-11-19(12-10-18)22(26(3,24)25)15-20(23)21-14-13-17-7-5-4-6-8-17/h7,9-12,16H,4-6,8,13-15H2,1-3H3,(H,21,23). The highest BCUT2D eigenvalue weighted by atomic mass is 32.2. The average molecular weight is 379 g/mol. The van der Waals surface area contributed by atoms with Crippen LogP contribution < -0.4 is 9.62 Å². The number of allylic oxidation sites excluding steroid dienone is 1. The van der Waals surface area contributed by atoms with Crippen molar-refractivity contribution >= 4 is 21.6 Å². The van der Waals surface area contributed by atoms with Gasteiger partial charge in [0, 0.05) is 6.54 Å². The molecule has 1 aromatic carbocycles. The zero-order valence-corrected chi connectivity index (χ0v) is 16.8. The van der Waals surface area contributed by atoms with Gasteiger partial charge in [-0.25, -0.2) is 8.42 Å². The normalized spacial score (nSPS) is 14.8. The lowest BCUT2D eigenvalue weighted by molar-refractivity contribution is -0.119. The third-order valence-corrected chi connectivity index (χ3v) is 5.83. The number of amides is 1. The predicted octanol–water partition coefficient (Wildman–Crippen LogP) is 3.58. The van der Waals surface area contributed by atoms with Gasteiger partial charge >= 0.3 is 0 Å². The van der Waals surface area contributed by atoms with Crippen molar-refractivity contribution < 1.29 is 13.2 Å². The largest absolute Gasteiger partial charge is 0.354 e. The number of rotatable bonds is 8. The van der Waals surface area contributed by atoms with Crippen LogP contribution >= 0.6 is 0 Å². The lowest BCUT2D eigenvalue weighted by atomic mass is 9.97. The molecule has 1 aromatic rings. The lowest BCUT2D eigenvalue weighted by Gasteiger charge is -2.22. The summed E-state index contributed by atoms with van der Waals surface area (Å²) in [6, 6.07) is 7.34. The number of sulfonamides is 1. The molecule has 144 valence electrons. The van der Waals surface area contributed by atoms with E-state index in [9.17, 15) is 13.2 Å². The van der Waals surface area contributed by atoms with Crippen molar-refractivity contribution in [3.63, 3.8) is 0 Å². The molecule has 0 radical (unpaired) electrons. The smallest absolute Gasteiger partial charge is 0.240 e. The molecule has 2 rings (SSSR count). The number of carbonyl (C=O) groups is 1. The molecular formula is C20H30N2O3S. The third kappa shape index (κ3) is 6.16. The Hall–Kier alpha value is -1.82. The van der Waals surface area contributed by atoms with Gasteiger partial charge in [0.1, 0.15) is 6.54 Å². The van der Waals surface area contributed by atoms with E-state index >= 15 is 0 Å². The Bertz CT molecular complexity index is 737. The van der Waals surface area contributed by atoms with E-state index in [2.05, 4.69) is 25.2 Å². The molecule has 0 aliphatic heterocycles. The van der Waals surface area contributed by atoms with Gasteiger partial charge in [-0.1, -0.05) is 37.6 Å². The molecule has 0 unspecified atom stereocenters. The van der Waals surface area contributed by atoms with Crippen molar-refractivity contribution in [1.29, 1.82) is 0 Å². The van der Waals surface area contributed by atoms with Crippen LogP contribution in [0.5, 0.6) is 0 Å². The molecule has 0 aromatic heterocycles. The highest BCUT2D eigenvalue weighted by molar-refractivity contribution is 7.92. The van der Waals surface area contributed by atoms with Gasteiger partial charge in [-0.05, 0) is 55.7 Å². The van der Waals surface area contributed by atoms with Crippen LogP contribution in [0, 0.1) is 0 Å². The summed E-state index contributed by atoms with van der Waals surface area (Å²) in [5.74, 6) is 0.0906. The molecule has 0 bridgehead atoms. The van der Waals surface area contributed by atoms with Crippen LogP contribution in [0.4, 0.5) is 5.69 Å². The van der Waals surface area contributed by atoms with Crippen LogP contribution in [0.2, 0.25) is 0 Å². The second-order valence-electron chi connectivity index (χ2n) is 7.22. The molecule has 26 heavy (non-hydrogen) atoms. The van der Waals surface area contributed by atoms with E-state index in [4.69, 9.17) is 0 Å². The highest BCUT2D eigenvalue weighted by Crippen LogP contribution is 2.22. The fourth-order valence-electron chi connectivity index (χ4n) is 3.11. The molecule has 1 aliphatic rings. The summed E-state index contributed by atoms with van der Waals surface area (Å²) in [7, 11) is -3.53. The maximum absolute atomic E-state index is 12.3. The SMILES string of the molecule is CC(C)c1ccc(N(CC(=O)NCCC2=CCCCC2)S(C)(=O)=O)cc1. The topological polar surface area (TPSA) is 66.5 Å². The predicted molar refractivity (Wildman–Crippen MR) is 107 cm³/mol. The van der Waals surface area contributed by atoms with Crippen molar-refractivity contribution in [2.45, 2.75) is 51.9 Å². The monoisotopic (exact) mass is 378 g/mol. The molecular weight excluding hydrogens is 348 g/mol. The van der Waals surface area contributed by atoms with Gasteiger partial charge in [-0.15, -0.1) is 0 Å². The fraction of sp³-hybridized carbons (Fsp3) is 0.550. The zero-order chi connectivity index (χ0) is 19.2. The molecule has 1 amide bonds. The maximum atomic E-state index is 12.3. The average Bonchev–Trinajstić information content (AvgIpc) is 2.60. The number of hydrogen-bond acceptors (Lipinski definition) is 3. The van der Waals surface area contributed by atoms with E-state index in [-0.39, 0.29) is 12.5 Å². The Balaban J connectivity index is 1.96. The molecule has 1 aliphatic carbocycles. The van der Waals surface area contributed by atoms with Gasteiger partial charge in [-0.3, -0.25) is 9.10 Å². The van der Waals surface area contributed by atoms with E-state index in [1.807, 2.05) is 12.1 Å². The first-order valence-corrected chi connectivity index (χ1v) is 11.1. The first kappa shape index (κ1) is 20.5. The van der Waals surface area contributed by atoms with Gasteiger partial charge in [0.15, 0.2) is 0 Å². The molecule has 0 saturated carbocycles. The Kier molecular flexibility index (Phi) is 7.26. The lowest BCUT2D eigenvalue weighted by Crippen LogP contribution is -2.40. The van der Waals surface area contributed by atoms with Gasteiger partial charge < -0.3 is 5.32 Å². The summed E-state index contributed by atoms with van der Waals surface area (Å²) in [5.41, 5.74) is 3.04. The van der Waals surface area contributed by atoms with Gasteiger partial charge in [0.2, 0.25) is 15.9 Å². The van der Waals surface area contributed by atoms with Crippen LogP contribution in [0.1, 0.15) is 57.4 Å². The molecule has 5 nitrogen and oxygen atoms in total. The second-order valence-corrected chi connectivity index (χ2v) is 9.13. The number of carbonyl (C=O) groups excluding carboxylic acids is 1. The van der Waals surface area contributed by atoms with Crippen molar-refractivity contribution in [2.24, 2.45) is 0 Å². The minimum Gasteiger partial charge on any atom is -0.354 e. The van der Waals surface area contributed by atoms with E-state index in [1.165, 1.54) is 18.4 Å². The number of anilines is 1. The Morgan fingerprint density at radius 3 is 2.42 bits per heavy atom. The van der Waals surface area contributed by atoms with Gasteiger partial charge in [0.25, 0.3) is 0 Å². The number of benzene rings is 1. The number of nitrogens with zero attached hydrogens (tertiary/aromatic N) is 1. The van der Waals surface area contributed by atoms with E-state index in [1.54, 1.807) is 12.1 Å². The van der Waals surface area contributed by atoms with Crippen molar-refractivity contribution in [1.82, 2.24) is 5.32 Å². The van der Waals surface area contributed by atoms with Crippen LogP contribution in [-0.2, 0) is 14.8 Å². The minimum atomic E-state index is -3.53. The molecule has 0 atom stereocenters. The van der Waals surface area contributed by atoms with Crippen LogP contribution in [0.15, 0.2) is 35.9 Å². The Morgan fingerprint density at radius 2 is 1.88 bits per heavy atom. The van der Waals surface area contributed by atoms with E-state index < -0.39 is 10.0 Å². The van der Waals surface area contributed by atoms with Crippen LogP contribution in [-0.4, -0.2) is 33.7 Å². The van der Waals surface area contributed by atoms with Crippen LogP contribution in [0.3, 0.4) is 0 Å². The second kappa shape index (κ2) is 9.21. The summed E-state index contributed by atoms with van der Waals surface area (Å²) in [6.45, 7) is 4.52. The van der Waals surface area contributed by atoms with Crippen molar-refractivity contribution in [3.8, 4) is 0 Å². The first-order valence-electron chi connectivity index (χ1n) is 9.29. The summed E-state index contributed by atoms with van der Waals surface area (Å²) >= 11 is 0. The molecule has 6 heteroatoms. The quantitative estimate of drug-likeness (QED) is 0.703. The summed E-state index contributed by atoms with van der Waals surface area (Å²) in [5, 5.41) is 2.85. The molecule has 0 saturated heterocycles. The molecule has 0 heterocycles. The molecule has 0 fully saturated rings. The third-order valence-electron chi connectivity index (χ3n) is 4.69. The van der Waals surface area contributed by atoms with E-state index in [0.29, 0.717) is 18.2 Å². The zero-order valence-electron chi connectivity index (χ0n) is 16.0. The van der Waals surface area contributed by atoms with Crippen LogP contribution in [0.25, 0.3) is 0 Å². The van der Waals surface area contributed by atoms with Crippen molar-refractivity contribution in [2.75, 3.05) is 23.7 Å². The minimum absolute atomic E-state index is 0.196. The Morgan fingerprint density at radius 1 is 1.19 bits per heavy atom. The highest BCUT2D eigenvalue weighted by Gasteiger charge is 2.20. The first-order chi connectivity index (χ1) is 12.3. The summed E-state index contributed by atoms with van der Waals surface area (Å²) in [4.78, 5) is 12.3. The number of hydrogen-bond donors (Lipinski definition) is 1. The van der Waals surface area contributed by atoms with Gasteiger partial charge in [0.05, 0.1) is 11.9 Å². The molecule has 0 spiro atoms. The summed E-state index contributed by atoms with van der Waals surface area (Å²) < 4.78 is 25.4. The molecule has 1 N–H and O–H groups in total. The maximum Gasteiger partial charge on any atom is 0.240 e. The van der Waals surface area contributed by atoms with Crippen molar-refractivity contribution in [3.05, 3.63) is 41.5 Å².